The highest BCUT2D eigenvalue weighted by molar-refractivity contribution is 5.80. The van der Waals surface area contributed by atoms with Crippen LogP contribution in [0.1, 0.15) is 37.7 Å². The van der Waals surface area contributed by atoms with Crippen molar-refractivity contribution in [3.05, 3.63) is 47.8 Å². The van der Waals surface area contributed by atoms with E-state index in [4.69, 9.17) is 0 Å². The van der Waals surface area contributed by atoms with Gasteiger partial charge in [-0.05, 0) is 25.3 Å². The number of hydrogen-bond donors (Lipinski definition) is 3. The zero-order chi connectivity index (χ0) is 21.4. The first-order chi connectivity index (χ1) is 13.7. The van der Waals surface area contributed by atoms with Crippen molar-refractivity contribution >= 4 is 5.91 Å². The van der Waals surface area contributed by atoms with Crippen molar-refractivity contribution < 1.29 is 14.4 Å². The van der Waals surface area contributed by atoms with Gasteiger partial charge in [0.05, 0.1) is 27.7 Å². The van der Waals surface area contributed by atoms with E-state index in [2.05, 4.69) is 43.1 Å². The number of amides is 1. The molecule has 2 rings (SSSR count). The van der Waals surface area contributed by atoms with Crippen LogP contribution in [0.4, 0.5) is 0 Å². The van der Waals surface area contributed by atoms with Crippen molar-refractivity contribution in [3.63, 3.8) is 0 Å². The summed E-state index contributed by atoms with van der Waals surface area (Å²) in [4.78, 5) is 12.9. The lowest BCUT2D eigenvalue weighted by atomic mass is 9.99. The molecular weight excluding hydrogens is 366 g/mol. The van der Waals surface area contributed by atoms with Crippen molar-refractivity contribution in [3.8, 4) is 0 Å². The minimum Gasteiger partial charge on any atom is -0.396 e. The number of aliphatic hydroxyl groups excluding tert-OH is 1. The quantitative estimate of drug-likeness (QED) is 0.387. The number of likely N-dealkylation sites (N-methyl/N-ethyl adjacent to an activating group) is 1. The molecule has 1 heterocycles. The molecule has 1 aromatic carbocycles. The molecule has 0 saturated heterocycles. The first-order valence-corrected chi connectivity index (χ1v) is 10.4. The van der Waals surface area contributed by atoms with Crippen LogP contribution in [0, 0.1) is 0 Å². The highest BCUT2D eigenvalue weighted by Crippen LogP contribution is 2.16. The van der Waals surface area contributed by atoms with Crippen LogP contribution in [0.25, 0.3) is 0 Å². The molecule has 0 aromatic heterocycles. The zero-order valence-electron chi connectivity index (χ0n) is 18.6. The topological polar surface area (TPSA) is 67.8 Å². The number of benzene rings is 1. The van der Waals surface area contributed by atoms with Gasteiger partial charge >= 0.3 is 0 Å². The summed E-state index contributed by atoms with van der Waals surface area (Å²) in [5.74, 6) is -0.0240. The molecule has 0 spiro atoms. The number of quaternary nitrogens is 1. The average Bonchev–Trinajstić information content (AvgIpc) is 2.99. The number of carbonyl (C=O) groups is 1. The van der Waals surface area contributed by atoms with Crippen molar-refractivity contribution in [2.75, 3.05) is 47.9 Å². The summed E-state index contributed by atoms with van der Waals surface area (Å²) in [6.07, 6.45) is 4.93. The van der Waals surface area contributed by atoms with Gasteiger partial charge in [0.15, 0.2) is 6.04 Å². The monoisotopic (exact) mass is 404 g/mol. The number of hydrogen-bond acceptors (Lipinski definition) is 5. The van der Waals surface area contributed by atoms with Crippen molar-refractivity contribution in [2.45, 2.75) is 38.1 Å². The van der Waals surface area contributed by atoms with Crippen LogP contribution in [0.15, 0.2) is 42.2 Å². The maximum Gasteiger partial charge on any atom is 0.278 e. The van der Waals surface area contributed by atoms with Gasteiger partial charge in [-0.25, -0.2) is 0 Å². The van der Waals surface area contributed by atoms with Crippen molar-refractivity contribution in [1.82, 2.24) is 20.9 Å². The van der Waals surface area contributed by atoms with E-state index < -0.39 is 0 Å². The van der Waals surface area contributed by atoms with Crippen LogP contribution >= 0.6 is 0 Å². The first-order valence-electron chi connectivity index (χ1n) is 10.4. The lowest BCUT2D eigenvalue weighted by Gasteiger charge is -2.33. The summed E-state index contributed by atoms with van der Waals surface area (Å²) < 4.78 is 0.588. The van der Waals surface area contributed by atoms with Gasteiger partial charge in [0.25, 0.3) is 5.91 Å². The summed E-state index contributed by atoms with van der Waals surface area (Å²) in [5.41, 5.74) is 5.42. The normalized spacial score (nSPS) is 16.9. The maximum absolute atomic E-state index is 12.9. The Hall–Kier alpha value is -2.09. The molecule has 1 aliphatic rings. The van der Waals surface area contributed by atoms with Crippen LogP contribution in [-0.4, -0.2) is 79.6 Å². The SMILES string of the molecule is CC1=CN(CCCC[C@@H](C(=O)NCC(CO)c2ccccc2)[N+](C)(C)C)N(C)N1. The number of carbonyl (C=O) groups excluding carboxylic acids is 1. The molecule has 0 bridgehead atoms. The van der Waals surface area contributed by atoms with Gasteiger partial charge in [-0.2, -0.15) is 0 Å². The maximum atomic E-state index is 12.9. The fourth-order valence-electron chi connectivity index (χ4n) is 3.71. The lowest BCUT2D eigenvalue weighted by Crippen LogP contribution is -2.54. The Kier molecular flexibility index (Phi) is 8.49. The highest BCUT2D eigenvalue weighted by atomic mass is 16.3. The number of rotatable bonds is 11. The van der Waals surface area contributed by atoms with Crippen LogP contribution < -0.4 is 10.7 Å². The molecule has 3 N–H and O–H groups in total. The van der Waals surface area contributed by atoms with Crippen LogP contribution in [0.3, 0.4) is 0 Å². The Morgan fingerprint density at radius 1 is 1.21 bits per heavy atom. The molecule has 1 amide bonds. The van der Waals surface area contributed by atoms with Gasteiger partial charge in [-0.15, -0.1) is 5.12 Å². The number of nitrogens with one attached hydrogen (secondary N) is 2. The third-order valence-corrected chi connectivity index (χ3v) is 5.43. The molecule has 7 heteroatoms. The molecular formula is C22H38N5O2+. The Balaban J connectivity index is 1.84. The molecule has 1 unspecified atom stereocenters. The fraction of sp³-hybridized carbons (Fsp3) is 0.591. The second kappa shape index (κ2) is 10.6. The molecule has 162 valence electrons. The number of nitrogens with zero attached hydrogens (tertiary/aromatic N) is 3. The summed E-state index contributed by atoms with van der Waals surface area (Å²) in [6.45, 7) is 3.43. The lowest BCUT2D eigenvalue weighted by molar-refractivity contribution is -0.886. The summed E-state index contributed by atoms with van der Waals surface area (Å²) in [7, 11) is 8.19. The molecule has 0 saturated carbocycles. The number of aliphatic hydroxyl groups is 1. The fourth-order valence-corrected chi connectivity index (χ4v) is 3.71. The van der Waals surface area contributed by atoms with Gasteiger partial charge in [0.1, 0.15) is 0 Å². The Morgan fingerprint density at radius 2 is 1.90 bits per heavy atom. The molecule has 0 fully saturated rings. The molecule has 7 nitrogen and oxygen atoms in total. The molecule has 1 aromatic rings. The van der Waals surface area contributed by atoms with E-state index in [1.807, 2.05) is 49.4 Å². The van der Waals surface area contributed by atoms with Crippen molar-refractivity contribution in [2.24, 2.45) is 0 Å². The van der Waals surface area contributed by atoms with E-state index >= 15 is 0 Å². The van der Waals surface area contributed by atoms with Crippen LogP contribution in [-0.2, 0) is 4.79 Å². The number of unbranched alkanes of at least 4 members (excludes halogenated alkanes) is 1. The standard InChI is InChI=1S/C22H37N5O2/c1-18-16-26(25(2)24-18)14-10-9-13-21(27(3,4)5)22(29)23-15-20(17-28)19-11-7-6-8-12-19/h6-8,11-12,16,20-21,24,28H,9-10,13-15,17H2,1-5H3/p+1/t20?,21-/m0/s1. The summed E-state index contributed by atoms with van der Waals surface area (Å²) in [6, 6.07) is 9.74. The average molecular weight is 405 g/mol. The van der Waals surface area contributed by atoms with E-state index in [-0.39, 0.29) is 24.5 Å². The van der Waals surface area contributed by atoms with Gasteiger partial charge in [-0.1, -0.05) is 30.3 Å². The van der Waals surface area contributed by atoms with E-state index in [0.717, 1.165) is 37.1 Å². The summed E-state index contributed by atoms with van der Waals surface area (Å²) in [5, 5.41) is 17.0. The molecule has 2 atom stereocenters. The largest absolute Gasteiger partial charge is 0.396 e. The van der Waals surface area contributed by atoms with E-state index in [0.29, 0.717) is 11.0 Å². The molecule has 1 aliphatic heterocycles. The van der Waals surface area contributed by atoms with E-state index in [9.17, 15) is 9.90 Å². The second-order valence-corrected chi connectivity index (χ2v) is 8.77. The van der Waals surface area contributed by atoms with Gasteiger partial charge < -0.3 is 20.3 Å². The van der Waals surface area contributed by atoms with Crippen molar-refractivity contribution in [1.29, 1.82) is 0 Å². The minimum absolute atomic E-state index is 0.0175. The zero-order valence-corrected chi connectivity index (χ0v) is 18.6. The van der Waals surface area contributed by atoms with Gasteiger partial charge in [0, 0.05) is 44.4 Å². The van der Waals surface area contributed by atoms with E-state index in [1.165, 1.54) is 0 Å². The minimum atomic E-state index is -0.114. The predicted molar refractivity (Wildman–Crippen MR) is 116 cm³/mol. The molecule has 0 aliphatic carbocycles. The second-order valence-electron chi connectivity index (χ2n) is 8.77. The third kappa shape index (κ3) is 7.03. The Bertz CT molecular complexity index is 672. The Morgan fingerprint density at radius 3 is 2.45 bits per heavy atom. The third-order valence-electron chi connectivity index (χ3n) is 5.43. The summed E-state index contributed by atoms with van der Waals surface area (Å²) >= 11 is 0. The van der Waals surface area contributed by atoms with E-state index in [1.54, 1.807) is 0 Å². The first kappa shape index (κ1) is 23.2. The molecule has 0 radical (unpaired) electrons. The van der Waals surface area contributed by atoms with Crippen LogP contribution in [0.2, 0.25) is 0 Å². The molecule has 29 heavy (non-hydrogen) atoms. The predicted octanol–water partition coefficient (Wildman–Crippen LogP) is 1.65. The van der Waals surface area contributed by atoms with Crippen LogP contribution in [0.5, 0.6) is 0 Å². The highest BCUT2D eigenvalue weighted by Gasteiger charge is 2.31. The Labute approximate surface area is 175 Å². The van der Waals surface area contributed by atoms with Gasteiger partial charge in [-0.3, -0.25) is 9.80 Å². The number of hydrazine groups is 2. The smallest absolute Gasteiger partial charge is 0.278 e. The number of allylic oxidation sites excluding steroid dienone is 1. The van der Waals surface area contributed by atoms with Gasteiger partial charge in [0.2, 0.25) is 0 Å².